The third-order valence-corrected chi connectivity index (χ3v) is 7.09. The van der Waals surface area contributed by atoms with Gasteiger partial charge in [-0.25, -0.2) is 19.9 Å². The van der Waals surface area contributed by atoms with E-state index in [2.05, 4.69) is 38.8 Å². The van der Waals surface area contributed by atoms with Crippen molar-refractivity contribution in [3.05, 3.63) is 122 Å². The van der Waals surface area contributed by atoms with Gasteiger partial charge in [0.25, 0.3) is 5.69 Å². The highest BCUT2D eigenvalue weighted by Gasteiger charge is 2.15. The van der Waals surface area contributed by atoms with E-state index in [1.807, 2.05) is 97.3 Å². The van der Waals surface area contributed by atoms with E-state index in [0.717, 1.165) is 71.9 Å². The Morgan fingerprint density at radius 2 is 0.875 bits per heavy atom. The van der Waals surface area contributed by atoms with Crippen LogP contribution in [0.1, 0.15) is 0 Å². The van der Waals surface area contributed by atoms with Crippen LogP contribution in [0.4, 0.5) is 0 Å². The molecular weight excluding hydrogens is 494 g/mol. The van der Waals surface area contributed by atoms with Crippen molar-refractivity contribution < 1.29 is 4.57 Å². The summed E-state index contributed by atoms with van der Waals surface area (Å²) in [5.74, 6) is 0. The molecule has 0 aliphatic carbocycles. The van der Waals surface area contributed by atoms with Crippen molar-refractivity contribution >= 4 is 66.2 Å². The quantitative estimate of drug-likeness (QED) is 0.235. The summed E-state index contributed by atoms with van der Waals surface area (Å²) >= 11 is 0. The van der Waals surface area contributed by atoms with Crippen LogP contribution in [0.2, 0.25) is 0 Å². The molecule has 4 heterocycles. The molecule has 0 atom stereocenters. The maximum absolute atomic E-state index is 5.16. The second-order valence-electron chi connectivity index (χ2n) is 9.63. The Balaban J connectivity index is 1.64. The molecule has 188 valence electrons. The van der Waals surface area contributed by atoms with Crippen molar-refractivity contribution in [2.24, 2.45) is 0 Å². The summed E-state index contributed by atoms with van der Waals surface area (Å²) in [5, 5.41) is 4.00. The third kappa shape index (κ3) is 3.72. The van der Waals surface area contributed by atoms with E-state index in [-0.39, 0.29) is 0 Å². The lowest BCUT2D eigenvalue weighted by atomic mass is 10.2. The number of benzene rings is 4. The number of rotatable bonds is 1. The number of nitrogens with one attached hydrogen (secondary N) is 2. The number of fused-ring (bicyclic) bond motifs is 14. The second-order valence-corrected chi connectivity index (χ2v) is 9.63. The number of pyridine rings is 1. The Kier molecular flexibility index (Phi) is 4.99. The lowest BCUT2D eigenvalue weighted by molar-refractivity contribution is -0.592. The standard InChI is InChI=1S/C33H22N7/c1-6-18-40(19-7-1)29-27-16-9-17-28(29)37-33-26-15-5-3-13-24(26)31(39-33)35-22-11-8-10-21(20-22)34-30-23-12-2-4-14-25(23)32(36-27)38-30/h1-20H,(H,34,36,38)(H,35,37,39)/q+1. The summed E-state index contributed by atoms with van der Waals surface area (Å²) in [6, 6.07) is 36.3. The molecule has 0 aliphatic heterocycles. The topological polar surface area (TPSA) is 87.0 Å². The summed E-state index contributed by atoms with van der Waals surface area (Å²) in [6.45, 7) is 0. The van der Waals surface area contributed by atoms with Gasteiger partial charge in [0.05, 0.1) is 11.0 Å². The predicted molar refractivity (Wildman–Crippen MR) is 159 cm³/mol. The highest BCUT2D eigenvalue weighted by Crippen LogP contribution is 2.25. The van der Waals surface area contributed by atoms with Gasteiger partial charge in [0, 0.05) is 33.7 Å². The molecule has 0 aliphatic rings. The van der Waals surface area contributed by atoms with E-state index in [9.17, 15) is 0 Å². The number of nitrogens with zero attached hydrogens (tertiary/aromatic N) is 5. The van der Waals surface area contributed by atoms with Crippen LogP contribution in [-0.4, -0.2) is 29.9 Å². The van der Waals surface area contributed by atoms with Gasteiger partial charge in [-0.3, -0.25) is 0 Å². The van der Waals surface area contributed by atoms with E-state index < -0.39 is 0 Å². The van der Waals surface area contributed by atoms with Crippen LogP contribution >= 0.6 is 0 Å². The number of aromatic nitrogens is 7. The zero-order chi connectivity index (χ0) is 26.5. The summed E-state index contributed by atoms with van der Waals surface area (Å²) in [6.07, 6.45) is 4.03. The van der Waals surface area contributed by atoms with Crippen LogP contribution in [0.5, 0.6) is 0 Å². The van der Waals surface area contributed by atoms with Crippen molar-refractivity contribution in [2.45, 2.75) is 0 Å². The molecule has 4 aromatic carbocycles. The van der Waals surface area contributed by atoms with Gasteiger partial charge in [0.2, 0.25) is 0 Å². The summed E-state index contributed by atoms with van der Waals surface area (Å²) in [7, 11) is 0. The van der Waals surface area contributed by atoms with Gasteiger partial charge < -0.3 is 9.97 Å². The fourth-order valence-corrected chi connectivity index (χ4v) is 5.28. The van der Waals surface area contributed by atoms with Crippen LogP contribution in [-0.2, 0) is 0 Å². The van der Waals surface area contributed by atoms with Crippen LogP contribution in [0, 0.1) is 0 Å². The molecule has 0 spiro atoms. The Morgan fingerprint density at radius 3 is 1.38 bits per heavy atom. The van der Waals surface area contributed by atoms with E-state index in [4.69, 9.17) is 19.9 Å². The average molecular weight is 517 g/mol. The van der Waals surface area contributed by atoms with Crippen molar-refractivity contribution in [1.29, 1.82) is 0 Å². The first-order valence-corrected chi connectivity index (χ1v) is 13.1. The molecule has 8 rings (SSSR count). The highest BCUT2D eigenvalue weighted by molar-refractivity contribution is 6.06. The maximum Gasteiger partial charge on any atom is 0.262 e. The van der Waals surface area contributed by atoms with E-state index in [1.165, 1.54) is 0 Å². The fraction of sp³-hybridized carbons (Fsp3) is 0. The van der Waals surface area contributed by atoms with Gasteiger partial charge in [-0.05, 0) is 30.3 Å². The Morgan fingerprint density at radius 1 is 0.425 bits per heavy atom. The van der Waals surface area contributed by atoms with Gasteiger partial charge in [-0.15, -0.1) is 0 Å². The zero-order valence-corrected chi connectivity index (χ0v) is 21.3. The number of H-pyrrole nitrogens is 2. The fourth-order valence-electron chi connectivity index (χ4n) is 5.28. The lowest BCUT2D eigenvalue weighted by Gasteiger charge is -1.99. The SMILES string of the molecule is c1cc[n+](-c2c3cccc2nc2[nH]c(nc4cccc(c4)nc4[nH]c(n3)c3ccccc43)c3ccccc23)cc1. The molecule has 8 bridgehead atoms. The minimum absolute atomic E-state index is 0.741. The number of hydrogen-bond acceptors (Lipinski definition) is 4. The van der Waals surface area contributed by atoms with Crippen molar-refractivity contribution in [2.75, 3.05) is 0 Å². The van der Waals surface area contributed by atoms with E-state index in [0.29, 0.717) is 0 Å². The minimum atomic E-state index is 0.741. The molecule has 0 saturated heterocycles. The van der Waals surface area contributed by atoms with Gasteiger partial charge in [-0.2, -0.15) is 4.57 Å². The minimum Gasteiger partial charge on any atom is -0.324 e. The van der Waals surface area contributed by atoms with Crippen LogP contribution in [0.25, 0.3) is 71.9 Å². The van der Waals surface area contributed by atoms with E-state index in [1.54, 1.807) is 0 Å². The first-order valence-electron chi connectivity index (χ1n) is 13.1. The normalized spacial score (nSPS) is 11.5. The lowest BCUT2D eigenvalue weighted by Crippen LogP contribution is -2.30. The molecule has 0 fully saturated rings. The van der Waals surface area contributed by atoms with Crippen molar-refractivity contribution in [3.8, 4) is 5.69 Å². The number of para-hydroxylation sites is 1. The highest BCUT2D eigenvalue weighted by atomic mass is 15.0. The molecule has 0 saturated carbocycles. The number of hydrogen-bond donors (Lipinski definition) is 2. The Hall–Kier alpha value is -5.69. The second kappa shape index (κ2) is 8.96. The Labute approximate surface area is 227 Å². The molecule has 0 amide bonds. The van der Waals surface area contributed by atoms with Crippen molar-refractivity contribution in [3.63, 3.8) is 0 Å². The first kappa shape index (κ1) is 22.3. The molecule has 0 radical (unpaired) electrons. The molecule has 40 heavy (non-hydrogen) atoms. The van der Waals surface area contributed by atoms with Crippen LogP contribution in [0.15, 0.2) is 122 Å². The van der Waals surface area contributed by atoms with Crippen LogP contribution in [0.3, 0.4) is 0 Å². The molecule has 8 aromatic rings. The van der Waals surface area contributed by atoms with Gasteiger partial charge >= 0.3 is 0 Å². The summed E-state index contributed by atoms with van der Waals surface area (Å²) in [4.78, 5) is 27.3. The van der Waals surface area contributed by atoms with Gasteiger partial charge in [0.15, 0.2) is 12.4 Å². The molecular formula is C33H22N7+. The first-order chi connectivity index (χ1) is 19.8. The predicted octanol–water partition coefficient (Wildman–Crippen LogP) is 6.81. The molecule has 0 unspecified atom stereocenters. The average Bonchev–Trinajstić information content (AvgIpc) is 3.51. The largest absolute Gasteiger partial charge is 0.324 e. The molecule has 2 N–H and O–H groups in total. The zero-order valence-electron chi connectivity index (χ0n) is 21.3. The number of aromatic amines is 2. The van der Waals surface area contributed by atoms with Gasteiger partial charge in [0.1, 0.15) is 33.6 Å². The maximum atomic E-state index is 5.16. The Bertz CT molecular complexity index is 2200. The molecule has 4 aromatic heterocycles. The van der Waals surface area contributed by atoms with Crippen molar-refractivity contribution in [1.82, 2.24) is 29.9 Å². The third-order valence-electron chi connectivity index (χ3n) is 7.09. The van der Waals surface area contributed by atoms with E-state index >= 15 is 0 Å². The summed E-state index contributed by atoms with van der Waals surface area (Å²) < 4.78 is 2.05. The monoisotopic (exact) mass is 516 g/mol. The smallest absolute Gasteiger partial charge is 0.262 e. The molecule has 7 heteroatoms. The van der Waals surface area contributed by atoms with Gasteiger partial charge in [-0.1, -0.05) is 66.7 Å². The van der Waals surface area contributed by atoms with Crippen LogP contribution < -0.4 is 4.57 Å². The summed E-state index contributed by atoms with van der Waals surface area (Å²) in [5.41, 5.74) is 7.02. The molecule has 7 nitrogen and oxygen atoms in total.